The monoisotopic (exact) mass is 431 g/mol. The van der Waals surface area contributed by atoms with Crippen LogP contribution in [-0.2, 0) is 13.2 Å². The van der Waals surface area contributed by atoms with Gasteiger partial charge < -0.3 is 14.8 Å². The molecule has 0 heterocycles. The smallest absolute Gasteiger partial charge is 0.175 e. The summed E-state index contributed by atoms with van der Waals surface area (Å²) in [5.74, 6) is 1.67. The van der Waals surface area contributed by atoms with E-state index < -0.39 is 0 Å². The maximum absolute atomic E-state index is 13.0. The molecule has 0 aliphatic rings. The van der Waals surface area contributed by atoms with Crippen LogP contribution in [0.25, 0.3) is 0 Å². The summed E-state index contributed by atoms with van der Waals surface area (Å²) in [4.78, 5) is 0. The molecule has 2 aromatic carbocycles. The molecule has 0 radical (unpaired) electrons. The van der Waals surface area contributed by atoms with Crippen LogP contribution in [0.3, 0.4) is 0 Å². The van der Waals surface area contributed by atoms with E-state index in [1.165, 1.54) is 12.1 Å². The topological polar surface area (TPSA) is 30.5 Å². The zero-order chi connectivity index (χ0) is 17.5. The SMILES string of the molecule is COc1cc(CNCC(C)C)cc(Br)c1OCc1ccc(F)cc1.Cl. The largest absolute Gasteiger partial charge is 0.493 e. The van der Waals surface area contributed by atoms with Gasteiger partial charge in [0, 0.05) is 6.54 Å². The van der Waals surface area contributed by atoms with Gasteiger partial charge in [0.15, 0.2) is 11.5 Å². The Bertz CT molecular complexity index is 665. The Morgan fingerprint density at radius 1 is 1.12 bits per heavy atom. The number of benzene rings is 2. The van der Waals surface area contributed by atoms with Crippen molar-refractivity contribution in [1.82, 2.24) is 5.32 Å². The first-order valence-corrected chi connectivity index (χ1v) is 8.73. The highest BCUT2D eigenvalue weighted by Crippen LogP contribution is 2.37. The summed E-state index contributed by atoms with van der Waals surface area (Å²) in [6.07, 6.45) is 0. The van der Waals surface area contributed by atoms with Gasteiger partial charge in [0.05, 0.1) is 11.6 Å². The van der Waals surface area contributed by atoms with Crippen molar-refractivity contribution in [1.29, 1.82) is 0 Å². The molecule has 0 spiro atoms. The van der Waals surface area contributed by atoms with Crippen LogP contribution >= 0.6 is 28.3 Å². The molecule has 0 amide bonds. The summed E-state index contributed by atoms with van der Waals surface area (Å²) in [5, 5.41) is 3.41. The van der Waals surface area contributed by atoms with Crippen molar-refractivity contribution in [2.75, 3.05) is 13.7 Å². The Morgan fingerprint density at radius 3 is 2.40 bits per heavy atom. The van der Waals surface area contributed by atoms with Gasteiger partial charge in [0.25, 0.3) is 0 Å². The molecule has 0 unspecified atom stereocenters. The van der Waals surface area contributed by atoms with Crippen LogP contribution in [-0.4, -0.2) is 13.7 Å². The van der Waals surface area contributed by atoms with Crippen LogP contribution in [0.4, 0.5) is 4.39 Å². The third-order valence-electron chi connectivity index (χ3n) is 3.47. The van der Waals surface area contributed by atoms with Crippen LogP contribution < -0.4 is 14.8 Å². The lowest BCUT2D eigenvalue weighted by molar-refractivity contribution is 0.282. The number of nitrogens with one attached hydrogen (secondary N) is 1. The third-order valence-corrected chi connectivity index (χ3v) is 4.06. The molecular formula is C19H24BrClFNO2. The van der Waals surface area contributed by atoms with Crippen LogP contribution in [0, 0.1) is 11.7 Å². The molecule has 0 saturated heterocycles. The number of hydrogen-bond acceptors (Lipinski definition) is 3. The number of rotatable bonds is 8. The van der Waals surface area contributed by atoms with Crippen molar-refractivity contribution >= 4 is 28.3 Å². The normalized spacial score (nSPS) is 10.5. The van der Waals surface area contributed by atoms with Crippen LogP contribution in [0.2, 0.25) is 0 Å². The van der Waals surface area contributed by atoms with E-state index in [2.05, 4.69) is 35.1 Å². The van der Waals surface area contributed by atoms with Gasteiger partial charge in [-0.2, -0.15) is 0 Å². The number of hydrogen-bond donors (Lipinski definition) is 1. The molecule has 0 fully saturated rings. The quantitative estimate of drug-likeness (QED) is 0.610. The number of methoxy groups -OCH3 is 1. The molecule has 0 saturated carbocycles. The summed E-state index contributed by atoms with van der Waals surface area (Å²) in [7, 11) is 1.62. The zero-order valence-corrected chi connectivity index (χ0v) is 17.0. The third kappa shape index (κ3) is 6.84. The van der Waals surface area contributed by atoms with E-state index in [-0.39, 0.29) is 18.2 Å². The lowest BCUT2D eigenvalue weighted by Crippen LogP contribution is -2.19. The summed E-state index contributed by atoms with van der Waals surface area (Å²) in [6.45, 7) is 6.43. The van der Waals surface area contributed by atoms with E-state index in [4.69, 9.17) is 9.47 Å². The fraction of sp³-hybridized carbons (Fsp3) is 0.368. The average molecular weight is 433 g/mol. The summed E-state index contributed by atoms with van der Waals surface area (Å²) in [6, 6.07) is 10.3. The molecule has 2 aromatic rings. The molecule has 6 heteroatoms. The predicted octanol–water partition coefficient (Wildman–Crippen LogP) is 5.34. The highest BCUT2D eigenvalue weighted by Gasteiger charge is 2.12. The van der Waals surface area contributed by atoms with Gasteiger partial charge in [-0.1, -0.05) is 26.0 Å². The van der Waals surface area contributed by atoms with Gasteiger partial charge in [0.1, 0.15) is 12.4 Å². The van der Waals surface area contributed by atoms with Gasteiger partial charge in [-0.15, -0.1) is 12.4 Å². The minimum Gasteiger partial charge on any atom is -0.493 e. The van der Waals surface area contributed by atoms with Crippen molar-refractivity contribution in [2.45, 2.75) is 27.0 Å². The molecule has 25 heavy (non-hydrogen) atoms. The van der Waals surface area contributed by atoms with E-state index in [0.29, 0.717) is 24.0 Å². The Kier molecular flexibility index (Phi) is 9.25. The first-order chi connectivity index (χ1) is 11.5. The summed E-state index contributed by atoms with van der Waals surface area (Å²) < 4.78 is 25.1. The molecule has 0 atom stereocenters. The first kappa shape index (κ1) is 21.7. The van der Waals surface area contributed by atoms with E-state index >= 15 is 0 Å². The van der Waals surface area contributed by atoms with Gasteiger partial charge in [-0.3, -0.25) is 0 Å². The molecule has 2 rings (SSSR count). The lowest BCUT2D eigenvalue weighted by Gasteiger charge is -2.15. The van der Waals surface area contributed by atoms with E-state index in [9.17, 15) is 4.39 Å². The fourth-order valence-electron chi connectivity index (χ4n) is 2.26. The minimum absolute atomic E-state index is 0. The molecular weight excluding hydrogens is 409 g/mol. The molecule has 1 N–H and O–H groups in total. The van der Waals surface area contributed by atoms with Crippen LogP contribution in [0.1, 0.15) is 25.0 Å². The van der Waals surface area contributed by atoms with Gasteiger partial charge in [-0.25, -0.2) is 4.39 Å². The lowest BCUT2D eigenvalue weighted by atomic mass is 10.1. The summed E-state index contributed by atoms with van der Waals surface area (Å²) >= 11 is 3.55. The highest BCUT2D eigenvalue weighted by molar-refractivity contribution is 9.10. The highest BCUT2D eigenvalue weighted by atomic mass is 79.9. The molecule has 0 aliphatic carbocycles. The van der Waals surface area contributed by atoms with Crippen molar-refractivity contribution in [3.63, 3.8) is 0 Å². The predicted molar refractivity (Wildman–Crippen MR) is 105 cm³/mol. The van der Waals surface area contributed by atoms with Gasteiger partial charge >= 0.3 is 0 Å². The Morgan fingerprint density at radius 2 is 1.80 bits per heavy atom. The first-order valence-electron chi connectivity index (χ1n) is 7.94. The zero-order valence-electron chi connectivity index (χ0n) is 14.6. The fourth-order valence-corrected chi connectivity index (χ4v) is 2.86. The molecule has 0 aromatic heterocycles. The molecule has 0 aliphatic heterocycles. The standard InChI is InChI=1S/C19H23BrFNO2.ClH/c1-13(2)10-22-11-15-8-17(20)19(18(9-15)23-3)24-12-14-4-6-16(21)7-5-14;/h4-9,13,22H,10-12H2,1-3H3;1H. The number of halogens is 3. The van der Waals surface area contributed by atoms with Gasteiger partial charge in [0.2, 0.25) is 0 Å². The Labute approximate surface area is 163 Å². The second kappa shape index (κ2) is 10.6. The van der Waals surface area contributed by atoms with Crippen molar-refractivity contribution in [2.24, 2.45) is 5.92 Å². The van der Waals surface area contributed by atoms with Crippen molar-refractivity contribution in [3.05, 3.63) is 57.8 Å². The second-order valence-electron chi connectivity index (χ2n) is 6.05. The van der Waals surface area contributed by atoms with E-state index in [1.54, 1.807) is 19.2 Å². The van der Waals surface area contributed by atoms with E-state index in [0.717, 1.165) is 28.7 Å². The van der Waals surface area contributed by atoms with E-state index in [1.807, 2.05) is 12.1 Å². The maximum Gasteiger partial charge on any atom is 0.175 e. The van der Waals surface area contributed by atoms with Crippen LogP contribution in [0.5, 0.6) is 11.5 Å². The molecule has 3 nitrogen and oxygen atoms in total. The Hall–Kier alpha value is -1.30. The second-order valence-corrected chi connectivity index (χ2v) is 6.90. The van der Waals surface area contributed by atoms with Gasteiger partial charge in [-0.05, 0) is 63.8 Å². The Balaban J connectivity index is 0.00000312. The summed E-state index contributed by atoms with van der Waals surface area (Å²) in [5.41, 5.74) is 2.02. The number of ether oxygens (including phenoxy) is 2. The average Bonchev–Trinajstić information content (AvgIpc) is 2.54. The maximum atomic E-state index is 13.0. The minimum atomic E-state index is -0.254. The van der Waals surface area contributed by atoms with Crippen LogP contribution in [0.15, 0.2) is 40.9 Å². The molecule has 138 valence electrons. The van der Waals surface area contributed by atoms with Crippen molar-refractivity contribution in [3.8, 4) is 11.5 Å². The molecule has 0 bridgehead atoms. The van der Waals surface area contributed by atoms with Crippen molar-refractivity contribution < 1.29 is 13.9 Å².